The summed E-state index contributed by atoms with van der Waals surface area (Å²) in [6, 6.07) is 6.32. The Balaban J connectivity index is 2.11. The van der Waals surface area contributed by atoms with E-state index in [1.165, 1.54) is 11.1 Å². The molecule has 1 aromatic carbocycles. The Hall–Kier alpha value is -1.35. The molecule has 2 rings (SSSR count). The van der Waals surface area contributed by atoms with Crippen LogP contribution in [0.1, 0.15) is 37.8 Å². The Morgan fingerprint density at radius 1 is 1.20 bits per heavy atom. The first-order valence-corrected chi connectivity index (χ1v) is 7.75. The lowest BCUT2D eigenvalue weighted by atomic mass is 9.95. The number of carbonyl (C=O) groups is 1. The Morgan fingerprint density at radius 2 is 1.75 bits per heavy atom. The van der Waals surface area contributed by atoms with Crippen LogP contribution in [0.4, 0.5) is 5.69 Å². The van der Waals surface area contributed by atoms with E-state index < -0.39 is 0 Å². The number of likely N-dealkylation sites (tertiary alicyclic amines) is 1. The van der Waals surface area contributed by atoms with Crippen molar-refractivity contribution in [1.82, 2.24) is 4.90 Å². The van der Waals surface area contributed by atoms with Gasteiger partial charge in [0, 0.05) is 11.6 Å². The number of anilines is 1. The maximum Gasteiger partial charge on any atom is 0.227 e. The Labute approximate surface area is 122 Å². The molecule has 1 N–H and O–H groups in total. The lowest BCUT2D eigenvalue weighted by Crippen LogP contribution is -2.36. The minimum absolute atomic E-state index is 0.167. The molecule has 110 valence electrons. The molecule has 1 fully saturated rings. The van der Waals surface area contributed by atoms with Gasteiger partial charge >= 0.3 is 0 Å². The minimum Gasteiger partial charge on any atom is -0.325 e. The predicted octanol–water partition coefficient (Wildman–Crippen LogP) is 3.09. The fraction of sp³-hybridized carbons (Fsp3) is 0.588. The molecule has 0 spiro atoms. The highest BCUT2D eigenvalue weighted by Crippen LogP contribution is 2.25. The molecule has 0 aromatic heterocycles. The first kappa shape index (κ1) is 15.0. The molecular formula is C17H26N2O. The van der Waals surface area contributed by atoms with Crippen LogP contribution in [0.2, 0.25) is 0 Å². The number of aryl methyl sites for hydroxylation is 2. The molecule has 0 bridgehead atoms. The van der Waals surface area contributed by atoms with Gasteiger partial charge < -0.3 is 10.2 Å². The number of nitrogens with one attached hydrogen (secondary N) is 1. The molecule has 1 aliphatic heterocycles. The summed E-state index contributed by atoms with van der Waals surface area (Å²) in [7, 11) is 2.12. The Kier molecular flexibility index (Phi) is 5.18. The van der Waals surface area contributed by atoms with E-state index in [9.17, 15) is 4.79 Å². The second-order valence-electron chi connectivity index (χ2n) is 5.73. The van der Waals surface area contributed by atoms with E-state index >= 15 is 0 Å². The lowest BCUT2D eigenvalue weighted by molar-refractivity contribution is -0.121. The second-order valence-corrected chi connectivity index (χ2v) is 5.73. The van der Waals surface area contributed by atoms with Gasteiger partial charge in [0.15, 0.2) is 0 Å². The summed E-state index contributed by atoms with van der Waals surface area (Å²) < 4.78 is 0. The maximum absolute atomic E-state index is 12.5. The van der Waals surface area contributed by atoms with Crippen molar-refractivity contribution in [3.05, 3.63) is 29.3 Å². The van der Waals surface area contributed by atoms with Crippen LogP contribution in [0.3, 0.4) is 0 Å². The molecule has 3 heteroatoms. The van der Waals surface area contributed by atoms with Gasteiger partial charge in [0.2, 0.25) is 5.91 Å². The van der Waals surface area contributed by atoms with E-state index in [0.717, 1.165) is 44.5 Å². The Bertz CT molecular complexity index is 440. The van der Waals surface area contributed by atoms with Gasteiger partial charge in [0.25, 0.3) is 0 Å². The Morgan fingerprint density at radius 3 is 2.25 bits per heavy atom. The summed E-state index contributed by atoms with van der Waals surface area (Å²) in [5.41, 5.74) is 3.54. The molecule has 0 aliphatic carbocycles. The molecule has 20 heavy (non-hydrogen) atoms. The van der Waals surface area contributed by atoms with Gasteiger partial charge in [-0.15, -0.1) is 0 Å². The average Bonchev–Trinajstić information content (AvgIpc) is 2.48. The van der Waals surface area contributed by atoms with Crippen molar-refractivity contribution in [2.75, 3.05) is 25.5 Å². The fourth-order valence-electron chi connectivity index (χ4n) is 2.90. The molecule has 3 nitrogen and oxygen atoms in total. The quantitative estimate of drug-likeness (QED) is 0.915. The number of hydrogen-bond acceptors (Lipinski definition) is 2. The molecule has 1 heterocycles. The van der Waals surface area contributed by atoms with Crippen molar-refractivity contribution >= 4 is 11.6 Å². The minimum atomic E-state index is 0.167. The second kappa shape index (κ2) is 6.89. The number of nitrogens with zero attached hydrogens (tertiary/aromatic N) is 1. The summed E-state index contributed by atoms with van der Waals surface area (Å²) >= 11 is 0. The lowest BCUT2D eigenvalue weighted by Gasteiger charge is -2.28. The van der Waals surface area contributed by atoms with Gasteiger partial charge in [0.1, 0.15) is 0 Å². The van der Waals surface area contributed by atoms with Crippen LogP contribution < -0.4 is 5.32 Å². The van der Waals surface area contributed by atoms with Gasteiger partial charge in [-0.05, 0) is 56.9 Å². The molecule has 1 saturated heterocycles. The van der Waals surface area contributed by atoms with Crippen molar-refractivity contribution in [2.24, 2.45) is 5.92 Å². The highest BCUT2D eigenvalue weighted by atomic mass is 16.1. The van der Waals surface area contributed by atoms with Crippen molar-refractivity contribution in [3.8, 4) is 0 Å². The summed E-state index contributed by atoms with van der Waals surface area (Å²) in [6.45, 7) is 6.32. The maximum atomic E-state index is 12.5. The molecule has 1 amide bonds. The zero-order valence-electron chi connectivity index (χ0n) is 12.9. The molecule has 0 saturated carbocycles. The SMILES string of the molecule is CCc1cccc(CC)c1NC(=O)C1CCN(C)CC1. The third-order valence-corrected chi connectivity index (χ3v) is 4.34. The van der Waals surface area contributed by atoms with E-state index in [2.05, 4.69) is 49.3 Å². The highest BCUT2D eigenvalue weighted by molar-refractivity contribution is 5.94. The number of para-hydroxylation sites is 1. The van der Waals surface area contributed by atoms with Crippen LogP contribution in [-0.4, -0.2) is 30.9 Å². The van der Waals surface area contributed by atoms with Crippen LogP contribution in [-0.2, 0) is 17.6 Å². The smallest absolute Gasteiger partial charge is 0.227 e. The number of piperidine rings is 1. The third kappa shape index (κ3) is 3.40. The summed E-state index contributed by atoms with van der Waals surface area (Å²) in [5.74, 6) is 0.370. The molecule has 0 unspecified atom stereocenters. The van der Waals surface area contributed by atoms with Crippen molar-refractivity contribution in [3.63, 3.8) is 0 Å². The first-order valence-electron chi connectivity index (χ1n) is 7.75. The predicted molar refractivity (Wildman–Crippen MR) is 84.0 cm³/mol. The van der Waals surface area contributed by atoms with Crippen molar-refractivity contribution in [1.29, 1.82) is 0 Å². The van der Waals surface area contributed by atoms with E-state index in [4.69, 9.17) is 0 Å². The third-order valence-electron chi connectivity index (χ3n) is 4.34. The zero-order valence-corrected chi connectivity index (χ0v) is 12.9. The van der Waals surface area contributed by atoms with E-state index in [-0.39, 0.29) is 11.8 Å². The fourth-order valence-corrected chi connectivity index (χ4v) is 2.90. The zero-order chi connectivity index (χ0) is 14.5. The van der Waals surface area contributed by atoms with E-state index in [0.29, 0.717) is 0 Å². The number of rotatable bonds is 4. The average molecular weight is 274 g/mol. The normalized spacial score (nSPS) is 17.1. The van der Waals surface area contributed by atoms with Gasteiger partial charge in [-0.1, -0.05) is 32.0 Å². The highest BCUT2D eigenvalue weighted by Gasteiger charge is 2.24. The summed E-state index contributed by atoms with van der Waals surface area (Å²) in [4.78, 5) is 14.8. The van der Waals surface area contributed by atoms with Crippen LogP contribution in [0.25, 0.3) is 0 Å². The van der Waals surface area contributed by atoms with Gasteiger partial charge in [-0.2, -0.15) is 0 Å². The van der Waals surface area contributed by atoms with Crippen LogP contribution in [0.15, 0.2) is 18.2 Å². The monoisotopic (exact) mass is 274 g/mol. The molecule has 0 radical (unpaired) electrons. The van der Waals surface area contributed by atoms with E-state index in [1.807, 2.05) is 0 Å². The van der Waals surface area contributed by atoms with Gasteiger partial charge in [0.05, 0.1) is 0 Å². The number of amides is 1. The summed E-state index contributed by atoms with van der Waals surface area (Å²) in [6.07, 6.45) is 3.85. The number of hydrogen-bond donors (Lipinski definition) is 1. The van der Waals surface area contributed by atoms with Gasteiger partial charge in [-0.25, -0.2) is 0 Å². The molecule has 1 aromatic rings. The first-order chi connectivity index (χ1) is 9.65. The molecular weight excluding hydrogens is 248 g/mol. The van der Waals surface area contributed by atoms with E-state index in [1.54, 1.807) is 0 Å². The molecule has 0 atom stereocenters. The van der Waals surface area contributed by atoms with Crippen LogP contribution >= 0.6 is 0 Å². The largest absolute Gasteiger partial charge is 0.325 e. The topological polar surface area (TPSA) is 32.3 Å². The van der Waals surface area contributed by atoms with Crippen molar-refractivity contribution in [2.45, 2.75) is 39.5 Å². The van der Waals surface area contributed by atoms with Crippen molar-refractivity contribution < 1.29 is 4.79 Å². The molecule has 1 aliphatic rings. The van der Waals surface area contributed by atoms with Gasteiger partial charge in [-0.3, -0.25) is 4.79 Å². The number of carbonyl (C=O) groups excluding carboxylic acids is 1. The van der Waals surface area contributed by atoms with Crippen LogP contribution in [0.5, 0.6) is 0 Å². The standard InChI is InChI=1S/C17H26N2O/c1-4-13-7-6-8-14(5-2)16(13)18-17(20)15-9-11-19(3)12-10-15/h6-8,15H,4-5,9-12H2,1-3H3,(H,18,20). The number of benzene rings is 1. The summed E-state index contributed by atoms with van der Waals surface area (Å²) in [5, 5.41) is 3.21. The van der Waals surface area contributed by atoms with Crippen LogP contribution in [0, 0.1) is 5.92 Å².